The van der Waals surface area contributed by atoms with Crippen LogP contribution in [0.5, 0.6) is 23.0 Å². The first-order chi connectivity index (χ1) is 31.3. The highest BCUT2D eigenvalue weighted by Gasteiger charge is 2.30. The number of aromatic hydroxyl groups is 2. The van der Waals surface area contributed by atoms with Crippen LogP contribution in [0.25, 0.3) is 55.3 Å². The van der Waals surface area contributed by atoms with E-state index in [1.54, 1.807) is 0 Å². The lowest BCUT2D eigenvalue weighted by molar-refractivity contribution is 0.0457. The Hall–Kier alpha value is -7.44. The van der Waals surface area contributed by atoms with Crippen molar-refractivity contribution >= 4 is 38.8 Å². The molecule has 0 spiro atoms. The molecule has 0 bridgehead atoms. The molecule has 0 amide bonds. The molecule has 2 N–H and O–H groups in total. The fourth-order valence-electron chi connectivity index (χ4n) is 9.16. The maximum absolute atomic E-state index is 12.2. The third-order valence-corrected chi connectivity index (χ3v) is 12.4. The highest BCUT2D eigenvalue weighted by molar-refractivity contribution is 6.09. The number of rotatable bonds is 11. The van der Waals surface area contributed by atoms with E-state index in [0.29, 0.717) is 47.7 Å². The van der Waals surface area contributed by atoms with Gasteiger partial charge in [-0.3, -0.25) is 0 Å². The molecule has 2 heterocycles. The van der Waals surface area contributed by atoms with E-state index in [0.717, 1.165) is 66.6 Å². The minimum absolute atomic E-state index is 0.181. The molecule has 6 heteroatoms. The molecule has 0 atom stereocenters. The van der Waals surface area contributed by atoms with E-state index < -0.39 is 11.2 Å². The number of allylic oxidation sites excluding steroid dienone is 4. The van der Waals surface area contributed by atoms with Gasteiger partial charge in [0, 0.05) is 50.8 Å². The SMILES string of the molecule is C=C1/C=C\C=C/CN(c2cc(C)cc(-c3ccccc3OC(C)(C)CCC(C)(C)Oc3ccccc3-c3cc(C)cc(-n4c5ccccc5c5ccccc54)c3O)c2O)c2ccccc21. The number of hydrogen-bond acceptors (Lipinski definition) is 5. The lowest BCUT2D eigenvalue weighted by Crippen LogP contribution is -2.35. The Labute approximate surface area is 382 Å². The largest absolute Gasteiger partial charge is 0.505 e. The molecule has 1 aromatic heterocycles. The quantitative estimate of drug-likeness (QED) is 0.136. The van der Waals surface area contributed by atoms with Gasteiger partial charge in [-0.15, -0.1) is 0 Å². The summed E-state index contributed by atoms with van der Waals surface area (Å²) >= 11 is 0. The normalized spacial score (nSPS) is 14.1. The summed E-state index contributed by atoms with van der Waals surface area (Å²) in [6.07, 6.45) is 9.47. The lowest BCUT2D eigenvalue weighted by atomic mass is 9.92. The van der Waals surface area contributed by atoms with E-state index in [1.165, 1.54) is 0 Å². The number of aryl methyl sites for hydroxylation is 2. The molecule has 0 saturated carbocycles. The maximum Gasteiger partial charge on any atom is 0.147 e. The Morgan fingerprint density at radius 2 is 0.985 bits per heavy atom. The number of hydrogen-bond donors (Lipinski definition) is 2. The van der Waals surface area contributed by atoms with Crippen LogP contribution < -0.4 is 14.4 Å². The highest BCUT2D eigenvalue weighted by atomic mass is 16.5. The molecule has 7 aromatic carbocycles. The Morgan fingerprint density at radius 1 is 0.523 bits per heavy atom. The van der Waals surface area contributed by atoms with Crippen LogP contribution in [0.2, 0.25) is 0 Å². The second-order valence-electron chi connectivity index (χ2n) is 18.4. The molecule has 0 saturated heterocycles. The highest BCUT2D eigenvalue weighted by Crippen LogP contribution is 2.47. The van der Waals surface area contributed by atoms with Gasteiger partial charge in [0.2, 0.25) is 0 Å². The zero-order valence-corrected chi connectivity index (χ0v) is 38.1. The van der Waals surface area contributed by atoms with Gasteiger partial charge >= 0.3 is 0 Å². The molecule has 9 rings (SSSR count). The smallest absolute Gasteiger partial charge is 0.147 e. The Bertz CT molecular complexity index is 3110. The third-order valence-electron chi connectivity index (χ3n) is 12.4. The number of phenolic OH excluding ortho intramolecular Hbond substituents is 2. The monoisotopic (exact) mass is 856 g/mol. The summed E-state index contributed by atoms with van der Waals surface area (Å²) in [5.74, 6) is 1.75. The van der Waals surface area contributed by atoms with Crippen LogP contribution in [0.1, 0.15) is 57.2 Å². The molecule has 0 fully saturated rings. The number of para-hydroxylation sites is 5. The average Bonchev–Trinajstić information content (AvgIpc) is 3.66. The van der Waals surface area contributed by atoms with Gasteiger partial charge in [0.1, 0.15) is 34.2 Å². The molecular weight excluding hydrogens is 801 g/mol. The van der Waals surface area contributed by atoms with Gasteiger partial charge in [-0.2, -0.15) is 0 Å². The first kappa shape index (κ1) is 42.8. The van der Waals surface area contributed by atoms with Crippen molar-refractivity contribution < 1.29 is 19.7 Å². The topological polar surface area (TPSA) is 67.1 Å². The minimum Gasteiger partial charge on any atom is -0.505 e. The van der Waals surface area contributed by atoms with Crippen LogP contribution in [0.15, 0.2) is 176 Å². The summed E-state index contributed by atoms with van der Waals surface area (Å²) in [4.78, 5) is 2.15. The number of nitrogens with zero attached hydrogens (tertiary/aromatic N) is 2. The van der Waals surface area contributed by atoms with Gasteiger partial charge < -0.3 is 29.2 Å². The summed E-state index contributed by atoms with van der Waals surface area (Å²) in [5.41, 5.74) is 10.2. The Balaban J connectivity index is 0.976. The Kier molecular flexibility index (Phi) is 11.4. The van der Waals surface area contributed by atoms with Crippen molar-refractivity contribution in [3.05, 3.63) is 193 Å². The van der Waals surface area contributed by atoms with Crippen molar-refractivity contribution in [2.24, 2.45) is 0 Å². The fraction of sp³-hybridized carbons (Fsp3) is 0.186. The van der Waals surface area contributed by atoms with Gasteiger partial charge in [-0.25, -0.2) is 0 Å². The maximum atomic E-state index is 12.2. The molecule has 65 heavy (non-hydrogen) atoms. The second-order valence-corrected chi connectivity index (χ2v) is 18.4. The second kappa shape index (κ2) is 17.3. The molecule has 6 nitrogen and oxygen atoms in total. The average molecular weight is 857 g/mol. The third kappa shape index (κ3) is 8.52. The van der Waals surface area contributed by atoms with Crippen LogP contribution in [0.3, 0.4) is 0 Å². The fourth-order valence-corrected chi connectivity index (χ4v) is 9.16. The van der Waals surface area contributed by atoms with Crippen molar-refractivity contribution in [2.75, 3.05) is 11.4 Å². The number of aromatic nitrogens is 1. The molecule has 8 aromatic rings. The summed E-state index contributed by atoms with van der Waals surface area (Å²) in [6.45, 7) is 17.4. The van der Waals surface area contributed by atoms with Gasteiger partial charge in [0.15, 0.2) is 0 Å². The van der Waals surface area contributed by atoms with Gasteiger partial charge in [-0.05, 0) is 126 Å². The van der Waals surface area contributed by atoms with Crippen LogP contribution in [-0.4, -0.2) is 32.5 Å². The van der Waals surface area contributed by atoms with Crippen LogP contribution >= 0.6 is 0 Å². The lowest BCUT2D eigenvalue weighted by Gasteiger charge is -2.33. The van der Waals surface area contributed by atoms with E-state index >= 15 is 0 Å². The van der Waals surface area contributed by atoms with Crippen LogP contribution in [0, 0.1) is 13.8 Å². The van der Waals surface area contributed by atoms with E-state index in [2.05, 4.69) is 118 Å². The number of fused-ring (bicyclic) bond motifs is 4. The molecule has 1 aliphatic rings. The summed E-state index contributed by atoms with van der Waals surface area (Å²) in [7, 11) is 0. The molecule has 0 unspecified atom stereocenters. The zero-order valence-electron chi connectivity index (χ0n) is 38.1. The predicted octanol–water partition coefficient (Wildman–Crippen LogP) is 15.2. The van der Waals surface area contributed by atoms with E-state index in [4.69, 9.17) is 9.47 Å². The van der Waals surface area contributed by atoms with E-state index in [-0.39, 0.29) is 11.5 Å². The van der Waals surface area contributed by atoms with Gasteiger partial charge in [0.05, 0.1) is 22.4 Å². The molecule has 0 aliphatic carbocycles. The minimum atomic E-state index is -0.608. The zero-order chi connectivity index (χ0) is 45.5. The van der Waals surface area contributed by atoms with Gasteiger partial charge in [0.25, 0.3) is 0 Å². The predicted molar refractivity (Wildman–Crippen MR) is 270 cm³/mol. The van der Waals surface area contributed by atoms with E-state index in [9.17, 15) is 10.2 Å². The Morgan fingerprint density at radius 3 is 1.55 bits per heavy atom. The summed E-state index contributed by atoms with van der Waals surface area (Å²) in [5, 5.41) is 26.7. The molecular formula is C59H56N2O4. The number of anilines is 2. The first-order valence-corrected chi connectivity index (χ1v) is 22.4. The summed E-state index contributed by atoms with van der Waals surface area (Å²) < 4.78 is 16.0. The number of benzene rings is 7. The first-order valence-electron chi connectivity index (χ1n) is 22.4. The number of ether oxygens (including phenoxy) is 2. The van der Waals surface area contributed by atoms with Crippen molar-refractivity contribution in [1.29, 1.82) is 0 Å². The van der Waals surface area contributed by atoms with E-state index in [1.807, 2.05) is 109 Å². The van der Waals surface area contributed by atoms with Crippen LogP contribution in [-0.2, 0) is 0 Å². The standard InChI is InChI=1S/C59H56N2O4/c1-39-35-47(56(62)52(37-39)60-34-20-8-9-21-41(3)42-22-10-15-27-49(42)60)45-25-13-18-30-54(45)64-58(4,5)32-33-59(6,7)65-55-31-19-14-26-46(55)48-36-40(2)38-53(57(48)63)61-50-28-16-11-23-43(50)44-24-12-17-29-51(44)61/h8-31,35-38,62-63H,3,32-34H2,1-2,4-7H3/b20-8-,21-9-. The molecule has 326 valence electrons. The van der Waals surface area contributed by atoms with Crippen molar-refractivity contribution in [2.45, 2.75) is 65.6 Å². The van der Waals surface area contributed by atoms with Gasteiger partial charge in [-0.1, -0.05) is 122 Å². The molecule has 0 radical (unpaired) electrons. The number of phenols is 2. The van der Waals surface area contributed by atoms with Crippen LogP contribution in [0.4, 0.5) is 11.4 Å². The summed E-state index contributed by atoms with van der Waals surface area (Å²) in [6, 6.07) is 48.9. The van der Waals surface area contributed by atoms with Crippen molar-refractivity contribution in [1.82, 2.24) is 4.57 Å². The molecule has 1 aliphatic heterocycles. The van der Waals surface area contributed by atoms with Crippen molar-refractivity contribution in [3.8, 4) is 50.9 Å². The van der Waals surface area contributed by atoms with Crippen molar-refractivity contribution in [3.63, 3.8) is 0 Å².